The Kier molecular flexibility index (Phi) is 3.64. The molecular weight excluding hydrogens is 242 g/mol. The molecule has 0 saturated carbocycles. The van der Waals surface area contributed by atoms with Crippen molar-refractivity contribution in [3.8, 4) is 0 Å². The Labute approximate surface area is 111 Å². The molecule has 0 aliphatic rings. The monoisotopic (exact) mass is 259 g/mol. The molecule has 100 valence electrons. The van der Waals surface area contributed by atoms with Crippen molar-refractivity contribution in [2.75, 3.05) is 14.1 Å². The first-order valence-corrected chi connectivity index (χ1v) is 6.23. The number of aryl methyl sites for hydroxylation is 1. The van der Waals surface area contributed by atoms with E-state index in [0.29, 0.717) is 5.39 Å². The first-order valence-electron chi connectivity index (χ1n) is 6.23. The molecule has 2 rings (SSSR count). The standard InChI is InChI=1S/C14H17N3O2/c1-4-12-10-7-5-6-8-11(10)14(19)17(15-12)9-13(18)16(2)3/h5-8H,4,9H2,1-3H3. The minimum Gasteiger partial charge on any atom is -0.347 e. The van der Waals surface area contributed by atoms with Crippen molar-refractivity contribution in [1.82, 2.24) is 14.7 Å². The molecule has 5 heteroatoms. The van der Waals surface area contributed by atoms with Gasteiger partial charge in [-0.2, -0.15) is 5.10 Å². The molecule has 5 nitrogen and oxygen atoms in total. The van der Waals surface area contributed by atoms with Gasteiger partial charge in [-0.05, 0) is 12.5 Å². The first kappa shape index (κ1) is 13.3. The number of nitrogens with zero attached hydrogens (tertiary/aromatic N) is 3. The maximum Gasteiger partial charge on any atom is 0.275 e. The molecule has 2 aromatic rings. The predicted octanol–water partition coefficient (Wildman–Crippen LogP) is 1.05. The third kappa shape index (κ3) is 2.50. The quantitative estimate of drug-likeness (QED) is 0.827. The Morgan fingerprint density at radius 2 is 1.89 bits per heavy atom. The largest absolute Gasteiger partial charge is 0.347 e. The number of fused-ring (bicyclic) bond motifs is 1. The van der Waals surface area contributed by atoms with Crippen molar-refractivity contribution in [2.45, 2.75) is 19.9 Å². The van der Waals surface area contributed by atoms with E-state index in [9.17, 15) is 9.59 Å². The van der Waals surface area contributed by atoms with E-state index in [1.54, 1.807) is 20.2 Å². The molecule has 0 aliphatic carbocycles. The summed E-state index contributed by atoms with van der Waals surface area (Å²) in [4.78, 5) is 25.5. The molecule has 0 unspecified atom stereocenters. The summed E-state index contributed by atoms with van der Waals surface area (Å²) in [6, 6.07) is 7.37. The summed E-state index contributed by atoms with van der Waals surface area (Å²) in [6.45, 7) is 1.96. The SMILES string of the molecule is CCc1nn(CC(=O)N(C)C)c(=O)c2ccccc12. The lowest BCUT2D eigenvalue weighted by atomic mass is 10.1. The Morgan fingerprint density at radius 3 is 2.47 bits per heavy atom. The summed E-state index contributed by atoms with van der Waals surface area (Å²) in [5.74, 6) is -0.146. The van der Waals surface area contributed by atoms with E-state index < -0.39 is 0 Å². The van der Waals surface area contributed by atoms with Crippen molar-refractivity contribution in [1.29, 1.82) is 0 Å². The second-order valence-electron chi connectivity index (χ2n) is 4.60. The highest BCUT2D eigenvalue weighted by Gasteiger charge is 2.12. The summed E-state index contributed by atoms with van der Waals surface area (Å²) < 4.78 is 1.25. The van der Waals surface area contributed by atoms with E-state index in [1.807, 2.05) is 25.1 Å². The molecule has 0 saturated heterocycles. The Balaban J connectivity index is 2.60. The number of likely N-dealkylation sites (N-methyl/N-ethyl adjacent to an activating group) is 1. The van der Waals surface area contributed by atoms with Gasteiger partial charge in [-0.25, -0.2) is 4.68 Å². The molecule has 1 heterocycles. The molecule has 0 bridgehead atoms. The smallest absolute Gasteiger partial charge is 0.275 e. The highest BCUT2D eigenvalue weighted by molar-refractivity contribution is 5.84. The van der Waals surface area contributed by atoms with Gasteiger partial charge in [0.2, 0.25) is 5.91 Å². The van der Waals surface area contributed by atoms with Crippen molar-refractivity contribution >= 4 is 16.7 Å². The van der Waals surface area contributed by atoms with Gasteiger partial charge in [0.25, 0.3) is 5.56 Å². The molecule has 0 radical (unpaired) electrons. The van der Waals surface area contributed by atoms with E-state index in [4.69, 9.17) is 0 Å². The summed E-state index contributed by atoms with van der Waals surface area (Å²) >= 11 is 0. The number of carbonyl (C=O) groups is 1. The molecule has 0 fully saturated rings. The van der Waals surface area contributed by atoms with Crippen LogP contribution in [0.4, 0.5) is 0 Å². The van der Waals surface area contributed by atoms with E-state index in [0.717, 1.165) is 17.5 Å². The number of benzene rings is 1. The van der Waals surface area contributed by atoms with Gasteiger partial charge in [-0.15, -0.1) is 0 Å². The lowest BCUT2D eigenvalue weighted by molar-refractivity contribution is -0.129. The number of aromatic nitrogens is 2. The maximum atomic E-state index is 12.3. The molecule has 0 spiro atoms. The lowest BCUT2D eigenvalue weighted by Crippen LogP contribution is -2.33. The van der Waals surface area contributed by atoms with Crippen LogP contribution in [-0.4, -0.2) is 34.7 Å². The summed E-state index contributed by atoms with van der Waals surface area (Å²) in [5.41, 5.74) is 0.616. The van der Waals surface area contributed by atoms with E-state index >= 15 is 0 Å². The van der Waals surface area contributed by atoms with Crippen LogP contribution in [-0.2, 0) is 17.8 Å². The van der Waals surface area contributed by atoms with Crippen LogP contribution in [0.3, 0.4) is 0 Å². The zero-order valence-corrected chi connectivity index (χ0v) is 11.4. The highest BCUT2D eigenvalue weighted by Crippen LogP contribution is 2.13. The van der Waals surface area contributed by atoms with Crippen LogP contribution in [0.25, 0.3) is 10.8 Å². The van der Waals surface area contributed by atoms with Gasteiger partial charge in [0.05, 0.1) is 11.1 Å². The maximum absolute atomic E-state index is 12.3. The summed E-state index contributed by atoms with van der Waals surface area (Å²) in [5, 5.41) is 5.77. The van der Waals surface area contributed by atoms with Crippen LogP contribution in [0.1, 0.15) is 12.6 Å². The average Bonchev–Trinajstić information content (AvgIpc) is 2.41. The Hall–Kier alpha value is -2.17. The van der Waals surface area contributed by atoms with Crippen LogP contribution >= 0.6 is 0 Å². The van der Waals surface area contributed by atoms with Crippen LogP contribution in [0.5, 0.6) is 0 Å². The second-order valence-corrected chi connectivity index (χ2v) is 4.60. The van der Waals surface area contributed by atoms with E-state index in [1.165, 1.54) is 9.58 Å². The van der Waals surface area contributed by atoms with Crippen molar-refractivity contribution in [2.24, 2.45) is 0 Å². The van der Waals surface area contributed by atoms with Crippen molar-refractivity contribution < 1.29 is 4.79 Å². The molecule has 0 N–H and O–H groups in total. The van der Waals surface area contributed by atoms with Gasteiger partial charge in [0, 0.05) is 19.5 Å². The van der Waals surface area contributed by atoms with Crippen molar-refractivity contribution in [3.05, 3.63) is 40.3 Å². The fraction of sp³-hybridized carbons (Fsp3) is 0.357. The number of carbonyl (C=O) groups excluding carboxylic acids is 1. The van der Waals surface area contributed by atoms with Gasteiger partial charge < -0.3 is 4.90 Å². The van der Waals surface area contributed by atoms with Gasteiger partial charge in [-0.3, -0.25) is 9.59 Å². The average molecular weight is 259 g/mol. The highest BCUT2D eigenvalue weighted by atomic mass is 16.2. The number of rotatable bonds is 3. The molecule has 1 aromatic heterocycles. The number of amides is 1. The van der Waals surface area contributed by atoms with Gasteiger partial charge in [0.1, 0.15) is 6.54 Å². The Bertz CT molecular complexity index is 674. The topological polar surface area (TPSA) is 55.2 Å². The molecule has 1 aromatic carbocycles. The van der Waals surface area contributed by atoms with Gasteiger partial charge in [0.15, 0.2) is 0 Å². The fourth-order valence-electron chi connectivity index (χ4n) is 1.94. The van der Waals surface area contributed by atoms with E-state index in [2.05, 4.69) is 5.10 Å². The minimum absolute atomic E-state index is 0.0241. The third-order valence-corrected chi connectivity index (χ3v) is 3.06. The molecule has 0 aliphatic heterocycles. The molecule has 19 heavy (non-hydrogen) atoms. The number of hydrogen-bond donors (Lipinski definition) is 0. The van der Waals surface area contributed by atoms with Crippen LogP contribution in [0.15, 0.2) is 29.1 Å². The first-order chi connectivity index (χ1) is 9.04. The summed E-state index contributed by atoms with van der Waals surface area (Å²) in [6.07, 6.45) is 0.719. The van der Waals surface area contributed by atoms with Crippen LogP contribution in [0, 0.1) is 0 Å². The Morgan fingerprint density at radius 1 is 1.26 bits per heavy atom. The molecule has 0 atom stereocenters. The number of hydrogen-bond acceptors (Lipinski definition) is 3. The minimum atomic E-state index is -0.219. The predicted molar refractivity (Wildman–Crippen MR) is 74.1 cm³/mol. The van der Waals surface area contributed by atoms with Gasteiger partial charge >= 0.3 is 0 Å². The van der Waals surface area contributed by atoms with E-state index in [-0.39, 0.29) is 18.0 Å². The lowest BCUT2D eigenvalue weighted by Gasteiger charge is -2.13. The second kappa shape index (κ2) is 5.22. The van der Waals surface area contributed by atoms with Crippen LogP contribution < -0.4 is 5.56 Å². The zero-order chi connectivity index (χ0) is 14.0. The third-order valence-electron chi connectivity index (χ3n) is 3.06. The van der Waals surface area contributed by atoms with Gasteiger partial charge in [-0.1, -0.05) is 25.1 Å². The summed E-state index contributed by atoms with van der Waals surface area (Å²) in [7, 11) is 3.32. The van der Waals surface area contributed by atoms with Crippen molar-refractivity contribution in [3.63, 3.8) is 0 Å². The molecular formula is C14H17N3O2. The normalized spacial score (nSPS) is 10.7. The molecule has 1 amide bonds. The zero-order valence-electron chi connectivity index (χ0n) is 11.4. The van der Waals surface area contributed by atoms with Crippen LogP contribution in [0.2, 0.25) is 0 Å². The fourth-order valence-corrected chi connectivity index (χ4v) is 1.94.